The zero-order valence-corrected chi connectivity index (χ0v) is 14.8. The molecule has 1 saturated heterocycles. The molecule has 1 aromatic rings. The maximum absolute atomic E-state index is 12.6. The minimum Gasteiger partial charge on any atom is -0.468 e. The maximum Gasteiger partial charge on any atom is 0.320 e. The summed E-state index contributed by atoms with van der Waals surface area (Å²) < 4.78 is 4.76. The molecule has 8 heteroatoms. The van der Waals surface area contributed by atoms with E-state index in [0.29, 0.717) is 18.8 Å². The molecule has 0 saturated carbocycles. The van der Waals surface area contributed by atoms with Crippen LogP contribution in [0.3, 0.4) is 0 Å². The Hall–Kier alpha value is -1.67. The Balaban J connectivity index is 1.62. The van der Waals surface area contributed by atoms with Gasteiger partial charge in [-0.25, -0.2) is 0 Å². The molecule has 0 radical (unpaired) electrons. The zero-order valence-electron chi connectivity index (χ0n) is 13.2. The maximum atomic E-state index is 12.6. The second-order valence-electron chi connectivity index (χ2n) is 5.52. The highest BCUT2D eigenvalue weighted by Gasteiger charge is 2.34. The van der Waals surface area contributed by atoms with E-state index >= 15 is 0 Å². The van der Waals surface area contributed by atoms with Crippen LogP contribution in [0.1, 0.15) is 6.42 Å². The number of nitrogens with zero attached hydrogens (tertiary/aromatic N) is 1. The molecule has 1 N–H and O–H groups in total. The van der Waals surface area contributed by atoms with Gasteiger partial charge in [-0.15, -0.1) is 23.5 Å². The minimum atomic E-state index is -0.446. The van der Waals surface area contributed by atoms with Gasteiger partial charge >= 0.3 is 5.97 Å². The van der Waals surface area contributed by atoms with Crippen molar-refractivity contribution in [1.82, 2.24) is 4.90 Å². The van der Waals surface area contributed by atoms with Crippen molar-refractivity contribution >= 4 is 47.0 Å². The van der Waals surface area contributed by atoms with Gasteiger partial charge in [0.25, 0.3) is 0 Å². The van der Waals surface area contributed by atoms with Gasteiger partial charge in [-0.2, -0.15) is 0 Å². The molecule has 1 aromatic carbocycles. The molecule has 0 aliphatic carbocycles. The summed E-state index contributed by atoms with van der Waals surface area (Å²) in [6.45, 7) is 0.929. The molecule has 2 heterocycles. The monoisotopic (exact) mass is 366 g/mol. The fourth-order valence-corrected chi connectivity index (χ4v) is 4.89. The molecule has 128 valence electrons. The molecule has 24 heavy (non-hydrogen) atoms. The van der Waals surface area contributed by atoms with Gasteiger partial charge in [0.2, 0.25) is 11.8 Å². The summed E-state index contributed by atoms with van der Waals surface area (Å²) in [5, 5.41) is 2.05. The van der Waals surface area contributed by atoms with Crippen LogP contribution in [-0.2, 0) is 19.1 Å². The average Bonchev–Trinajstić information content (AvgIpc) is 2.61. The first-order chi connectivity index (χ1) is 11.6. The fourth-order valence-electron chi connectivity index (χ4n) is 2.66. The van der Waals surface area contributed by atoms with Crippen LogP contribution in [-0.4, -0.2) is 59.1 Å². The van der Waals surface area contributed by atoms with Crippen LogP contribution in [0, 0.1) is 0 Å². The summed E-state index contributed by atoms with van der Waals surface area (Å²) in [4.78, 5) is 39.1. The standard InChI is InChI=1S/C16H18N2O4S2/c1-22-16(21)13-9-18(6-7-23-13)14(19)8-12-15(20)17-10-4-2-3-5-11(10)24-12/h2-5,12-13H,6-9H2,1H3,(H,17,20)/t12-,13+/m1/s1. The Kier molecular flexibility index (Phi) is 5.35. The topological polar surface area (TPSA) is 75.7 Å². The van der Waals surface area contributed by atoms with Gasteiger partial charge in [-0.3, -0.25) is 14.4 Å². The number of thioether (sulfide) groups is 2. The number of hydrogen-bond donors (Lipinski definition) is 1. The second-order valence-corrected chi connectivity index (χ2v) is 8.07. The number of carbonyl (C=O) groups is 3. The third-order valence-electron chi connectivity index (χ3n) is 3.95. The van der Waals surface area contributed by atoms with E-state index in [1.807, 2.05) is 24.3 Å². The van der Waals surface area contributed by atoms with E-state index in [9.17, 15) is 14.4 Å². The lowest BCUT2D eigenvalue weighted by Crippen LogP contribution is -2.46. The summed E-state index contributed by atoms with van der Waals surface area (Å²) in [5.74, 6) is 0.133. The molecule has 0 spiro atoms. The molecule has 3 rings (SSSR count). The molecule has 0 unspecified atom stereocenters. The number of hydrogen-bond acceptors (Lipinski definition) is 6. The lowest BCUT2D eigenvalue weighted by atomic mass is 10.2. The van der Waals surface area contributed by atoms with Crippen LogP contribution >= 0.6 is 23.5 Å². The van der Waals surface area contributed by atoms with Crippen LogP contribution in [0.15, 0.2) is 29.2 Å². The van der Waals surface area contributed by atoms with E-state index < -0.39 is 5.25 Å². The van der Waals surface area contributed by atoms with Gasteiger partial charge in [-0.1, -0.05) is 12.1 Å². The molecule has 6 nitrogen and oxygen atoms in total. The van der Waals surface area contributed by atoms with Crippen LogP contribution in [0.25, 0.3) is 0 Å². The van der Waals surface area contributed by atoms with Crippen molar-refractivity contribution in [1.29, 1.82) is 0 Å². The summed E-state index contributed by atoms with van der Waals surface area (Å²) in [5.41, 5.74) is 0.788. The number of esters is 1. The first-order valence-electron chi connectivity index (χ1n) is 7.62. The molecule has 0 aromatic heterocycles. The minimum absolute atomic E-state index is 0.101. The average molecular weight is 366 g/mol. The SMILES string of the molecule is COC(=O)[C@@H]1CN(C(=O)C[C@H]2Sc3ccccc3NC2=O)CCS1. The summed E-state index contributed by atoms with van der Waals surface area (Å²) >= 11 is 2.91. The van der Waals surface area contributed by atoms with E-state index in [1.165, 1.54) is 30.6 Å². The first-order valence-corrected chi connectivity index (χ1v) is 9.55. The van der Waals surface area contributed by atoms with Crippen LogP contribution < -0.4 is 5.32 Å². The molecule has 2 atom stereocenters. The smallest absolute Gasteiger partial charge is 0.320 e. The number of para-hydroxylation sites is 1. The number of carbonyl (C=O) groups excluding carboxylic acids is 3. The summed E-state index contributed by atoms with van der Waals surface area (Å²) in [7, 11) is 1.35. The third kappa shape index (κ3) is 3.70. The lowest BCUT2D eigenvalue weighted by Gasteiger charge is -2.32. The number of nitrogens with one attached hydrogen (secondary N) is 1. The van der Waals surface area contributed by atoms with Gasteiger partial charge in [0.05, 0.1) is 18.0 Å². The van der Waals surface area contributed by atoms with E-state index in [2.05, 4.69) is 5.32 Å². The fraction of sp³-hybridized carbons (Fsp3) is 0.438. The molecule has 0 bridgehead atoms. The molecule has 1 fully saturated rings. The number of ether oxygens (including phenoxy) is 1. The number of rotatable bonds is 3. The summed E-state index contributed by atoms with van der Waals surface area (Å²) in [6.07, 6.45) is 0.128. The number of fused-ring (bicyclic) bond motifs is 1. The summed E-state index contributed by atoms with van der Waals surface area (Å²) in [6, 6.07) is 7.55. The van der Waals surface area contributed by atoms with Gasteiger partial charge < -0.3 is 15.0 Å². The number of anilines is 1. The van der Waals surface area contributed by atoms with Crippen molar-refractivity contribution in [2.75, 3.05) is 31.3 Å². The van der Waals surface area contributed by atoms with Gasteiger partial charge in [0.15, 0.2) is 0 Å². The normalized spacial score (nSPS) is 23.2. The van der Waals surface area contributed by atoms with Crippen molar-refractivity contribution in [2.24, 2.45) is 0 Å². The molecular weight excluding hydrogens is 348 g/mol. The number of amides is 2. The predicted molar refractivity (Wildman–Crippen MR) is 94.2 cm³/mol. The van der Waals surface area contributed by atoms with Gasteiger partial charge in [0.1, 0.15) is 5.25 Å². The number of benzene rings is 1. The van der Waals surface area contributed by atoms with Crippen molar-refractivity contribution in [2.45, 2.75) is 21.8 Å². The Morgan fingerprint density at radius 3 is 2.96 bits per heavy atom. The van der Waals surface area contributed by atoms with Gasteiger partial charge in [0, 0.05) is 30.2 Å². The highest BCUT2D eigenvalue weighted by Crippen LogP contribution is 2.37. The zero-order chi connectivity index (χ0) is 17.1. The third-order valence-corrected chi connectivity index (χ3v) is 6.39. The highest BCUT2D eigenvalue weighted by molar-refractivity contribution is 8.01. The first kappa shape index (κ1) is 17.2. The lowest BCUT2D eigenvalue weighted by molar-refractivity contribution is -0.141. The van der Waals surface area contributed by atoms with Crippen molar-refractivity contribution < 1.29 is 19.1 Å². The Morgan fingerprint density at radius 2 is 2.17 bits per heavy atom. The molecular formula is C16H18N2O4S2. The predicted octanol–water partition coefficient (Wildman–Crippen LogP) is 1.61. The quantitative estimate of drug-likeness (QED) is 0.819. The molecule has 2 amide bonds. The van der Waals surface area contributed by atoms with Gasteiger partial charge in [-0.05, 0) is 12.1 Å². The van der Waals surface area contributed by atoms with Crippen LogP contribution in [0.4, 0.5) is 5.69 Å². The Morgan fingerprint density at radius 1 is 1.38 bits per heavy atom. The van der Waals surface area contributed by atoms with E-state index in [0.717, 1.165) is 10.6 Å². The van der Waals surface area contributed by atoms with E-state index in [1.54, 1.807) is 4.90 Å². The van der Waals surface area contributed by atoms with E-state index in [4.69, 9.17) is 4.74 Å². The van der Waals surface area contributed by atoms with Crippen LogP contribution in [0.2, 0.25) is 0 Å². The molecule has 2 aliphatic rings. The van der Waals surface area contributed by atoms with Crippen molar-refractivity contribution in [3.05, 3.63) is 24.3 Å². The number of methoxy groups -OCH3 is 1. The van der Waals surface area contributed by atoms with E-state index in [-0.39, 0.29) is 29.5 Å². The largest absolute Gasteiger partial charge is 0.468 e. The molecule has 2 aliphatic heterocycles. The Labute approximate surface area is 148 Å². The van der Waals surface area contributed by atoms with Crippen LogP contribution in [0.5, 0.6) is 0 Å². The highest BCUT2D eigenvalue weighted by atomic mass is 32.2. The van der Waals surface area contributed by atoms with Crippen molar-refractivity contribution in [3.8, 4) is 0 Å². The van der Waals surface area contributed by atoms with Crippen molar-refractivity contribution in [3.63, 3.8) is 0 Å². The second kappa shape index (κ2) is 7.48. The Bertz CT molecular complexity index is 667.